The average Bonchev–Trinajstić information content (AvgIpc) is 3.07. The summed E-state index contributed by atoms with van der Waals surface area (Å²) in [7, 11) is 0. The number of thiazole rings is 1. The molecule has 2 aromatic carbocycles. The monoisotopic (exact) mass is 350 g/mol. The van der Waals surface area contributed by atoms with Crippen molar-refractivity contribution < 1.29 is 4.79 Å². The maximum atomic E-state index is 13.5. The lowest BCUT2D eigenvalue weighted by Gasteiger charge is -2.25. The van der Waals surface area contributed by atoms with Crippen LogP contribution in [0.25, 0.3) is 0 Å². The minimum Gasteiger partial charge on any atom is -0.273 e. The summed E-state index contributed by atoms with van der Waals surface area (Å²) in [6, 6.07) is 19.8. The summed E-state index contributed by atoms with van der Waals surface area (Å²) in [4.78, 5) is 19.9. The highest BCUT2D eigenvalue weighted by molar-refractivity contribution is 7.14. The molecule has 128 valence electrons. The van der Waals surface area contributed by atoms with Crippen LogP contribution in [0.1, 0.15) is 36.9 Å². The third kappa shape index (κ3) is 3.97. The predicted molar refractivity (Wildman–Crippen MR) is 105 cm³/mol. The molecule has 0 spiro atoms. The van der Waals surface area contributed by atoms with Gasteiger partial charge < -0.3 is 0 Å². The maximum Gasteiger partial charge on any atom is 0.240 e. The van der Waals surface area contributed by atoms with Crippen LogP contribution in [0.4, 0.5) is 10.8 Å². The number of hydrogen-bond acceptors (Lipinski definition) is 3. The fraction of sp³-hybridized carbons (Fsp3) is 0.238. The van der Waals surface area contributed by atoms with Crippen molar-refractivity contribution in [3.8, 4) is 0 Å². The van der Waals surface area contributed by atoms with Gasteiger partial charge in [-0.15, -0.1) is 11.3 Å². The van der Waals surface area contributed by atoms with Crippen LogP contribution in [0.5, 0.6) is 0 Å². The van der Waals surface area contributed by atoms with E-state index in [0.717, 1.165) is 34.9 Å². The molecule has 0 aliphatic rings. The zero-order chi connectivity index (χ0) is 17.6. The van der Waals surface area contributed by atoms with E-state index in [2.05, 4.69) is 11.9 Å². The summed E-state index contributed by atoms with van der Waals surface area (Å²) in [5, 5.41) is 2.71. The largest absolute Gasteiger partial charge is 0.273 e. The van der Waals surface area contributed by atoms with Gasteiger partial charge in [-0.2, -0.15) is 0 Å². The van der Waals surface area contributed by atoms with Crippen LogP contribution in [0.3, 0.4) is 0 Å². The fourth-order valence-corrected chi connectivity index (χ4v) is 3.74. The van der Waals surface area contributed by atoms with E-state index in [0.29, 0.717) is 0 Å². The number of para-hydroxylation sites is 1. The van der Waals surface area contributed by atoms with Crippen molar-refractivity contribution in [3.05, 3.63) is 77.3 Å². The van der Waals surface area contributed by atoms with Crippen molar-refractivity contribution in [3.63, 3.8) is 0 Å². The molecule has 25 heavy (non-hydrogen) atoms. The van der Waals surface area contributed by atoms with Gasteiger partial charge in [0.05, 0.1) is 17.3 Å². The lowest BCUT2D eigenvalue weighted by Crippen LogP contribution is -2.31. The Morgan fingerprint density at radius 3 is 2.28 bits per heavy atom. The molecular weight excluding hydrogens is 328 g/mol. The van der Waals surface area contributed by atoms with E-state index in [4.69, 9.17) is 0 Å². The van der Waals surface area contributed by atoms with Gasteiger partial charge in [0.25, 0.3) is 0 Å². The molecular formula is C21H22N2OS. The maximum absolute atomic E-state index is 13.5. The molecule has 0 fully saturated rings. The highest BCUT2D eigenvalue weighted by atomic mass is 32.1. The molecule has 0 unspecified atom stereocenters. The molecule has 0 aliphatic heterocycles. The molecule has 1 aromatic heterocycles. The lowest BCUT2D eigenvalue weighted by atomic mass is 9.93. The van der Waals surface area contributed by atoms with Crippen molar-refractivity contribution in [2.45, 2.75) is 32.6 Å². The van der Waals surface area contributed by atoms with Crippen LogP contribution in [0.2, 0.25) is 0 Å². The molecule has 1 heterocycles. The first-order valence-electron chi connectivity index (χ1n) is 8.56. The number of hydrogen-bond donors (Lipinski definition) is 0. The number of nitrogens with zero attached hydrogens (tertiary/aromatic N) is 2. The Balaban J connectivity index is 2.03. The average molecular weight is 350 g/mol. The normalized spacial score (nSPS) is 11.9. The van der Waals surface area contributed by atoms with E-state index in [1.54, 1.807) is 4.90 Å². The van der Waals surface area contributed by atoms with Crippen LogP contribution < -0.4 is 4.90 Å². The Morgan fingerprint density at radius 2 is 1.72 bits per heavy atom. The Labute approximate surface area is 153 Å². The molecule has 0 saturated heterocycles. The van der Waals surface area contributed by atoms with E-state index < -0.39 is 0 Å². The molecule has 0 bridgehead atoms. The summed E-state index contributed by atoms with van der Waals surface area (Å²) in [5.74, 6) is -0.0933. The molecule has 0 radical (unpaired) electrons. The topological polar surface area (TPSA) is 33.2 Å². The highest BCUT2D eigenvalue weighted by Crippen LogP contribution is 2.34. The number of carbonyl (C=O) groups excluding carboxylic acids is 1. The summed E-state index contributed by atoms with van der Waals surface area (Å²) in [6.07, 6.45) is 1.77. The number of aromatic nitrogens is 1. The van der Waals surface area contributed by atoms with Gasteiger partial charge in [-0.3, -0.25) is 9.69 Å². The lowest BCUT2D eigenvalue weighted by molar-refractivity contribution is -0.119. The molecule has 0 aliphatic carbocycles. The SMILES string of the molecule is CCC[C@H](C(=O)N(c1ccccc1)c1nc(C)cs1)c1ccccc1. The van der Waals surface area contributed by atoms with Crippen LogP contribution in [-0.2, 0) is 4.79 Å². The van der Waals surface area contributed by atoms with Gasteiger partial charge in [-0.1, -0.05) is 61.9 Å². The van der Waals surface area contributed by atoms with Gasteiger partial charge in [0.2, 0.25) is 5.91 Å². The molecule has 1 amide bonds. The fourth-order valence-electron chi connectivity index (χ4n) is 2.92. The second-order valence-electron chi connectivity index (χ2n) is 6.03. The third-order valence-corrected chi connectivity index (χ3v) is 5.05. The van der Waals surface area contributed by atoms with E-state index in [1.807, 2.05) is 73.0 Å². The van der Waals surface area contributed by atoms with E-state index in [1.165, 1.54) is 11.3 Å². The minimum absolute atomic E-state index is 0.0774. The number of rotatable bonds is 6. The zero-order valence-corrected chi connectivity index (χ0v) is 15.4. The van der Waals surface area contributed by atoms with Gasteiger partial charge >= 0.3 is 0 Å². The van der Waals surface area contributed by atoms with Gasteiger partial charge in [-0.25, -0.2) is 4.98 Å². The van der Waals surface area contributed by atoms with E-state index in [-0.39, 0.29) is 11.8 Å². The molecule has 0 N–H and O–H groups in total. The number of benzene rings is 2. The number of anilines is 2. The Hall–Kier alpha value is -2.46. The van der Waals surface area contributed by atoms with Crippen LogP contribution >= 0.6 is 11.3 Å². The Morgan fingerprint density at radius 1 is 1.08 bits per heavy atom. The first-order valence-corrected chi connectivity index (χ1v) is 9.44. The molecule has 3 rings (SSSR count). The van der Waals surface area contributed by atoms with Crippen LogP contribution in [0, 0.1) is 6.92 Å². The quantitative estimate of drug-likeness (QED) is 0.571. The minimum atomic E-state index is -0.171. The van der Waals surface area contributed by atoms with Crippen LogP contribution in [0.15, 0.2) is 66.0 Å². The molecule has 1 atom stereocenters. The number of aryl methyl sites for hydroxylation is 1. The van der Waals surface area contributed by atoms with Crippen LogP contribution in [-0.4, -0.2) is 10.9 Å². The van der Waals surface area contributed by atoms with Gasteiger partial charge in [0, 0.05) is 5.38 Å². The van der Waals surface area contributed by atoms with Crippen molar-refractivity contribution in [2.24, 2.45) is 0 Å². The number of carbonyl (C=O) groups is 1. The second-order valence-corrected chi connectivity index (χ2v) is 6.87. The standard InChI is InChI=1S/C21H22N2OS/c1-3-10-19(17-11-6-4-7-12-17)20(24)23(18-13-8-5-9-14-18)21-22-16(2)15-25-21/h4-9,11-15,19H,3,10H2,1-2H3/t19-/m0/s1. The zero-order valence-electron chi connectivity index (χ0n) is 14.6. The van der Waals surface area contributed by atoms with E-state index >= 15 is 0 Å². The predicted octanol–water partition coefficient (Wildman–Crippen LogP) is 5.70. The van der Waals surface area contributed by atoms with Gasteiger partial charge in [-0.05, 0) is 31.0 Å². The van der Waals surface area contributed by atoms with E-state index in [9.17, 15) is 4.79 Å². The van der Waals surface area contributed by atoms with Crippen molar-refractivity contribution in [1.29, 1.82) is 0 Å². The molecule has 0 saturated carbocycles. The molecule has 3 aromatic rings. The first-order chi connectivity index (χ1) is 12.2. The van der Waals surface area contributed by atoms with Crippen molar-refractivity contribution in [1.82, 2.24) is 4.98 Å². The summed E-state index contributed by atoms with van der Waals surface area (Å²) in [5.41, 5.74) is 2.85. The first kappa shape index (κ1) is 17.4. The van der Waals surface area contributed by atoms with Crippen molar-refractivity contribution in [2.75, 3.05) is 4.90 Å². The molecule has 4 heteroatoms. The summed E-state index contributed by atoms with van der Waals surface area (Å²) in [6.45, 7) is 4.07. The highest BCUT2D eigenvalue weighted by Gasteiger charge is 2.29. The van der Waals surface area contributed by atoms with Gasteiger partial charge in [0.1, 0.15) is 0 Å². The van der Waals surface area contributed by atoms with Crippen molar-refractivity contribution >= 4 is 28.1 Å². The summed E-state index contributed by atoms with van der Waals surface area (Å²) >= 11 is 1.51. The smallest absolute Gasteiger partial charge is 0.240 e. The Bertz CT molecular complexity index is 814. The molecule has 3 nitrogen and oxygen atoms in total. The summed E-state index contributed by atoms with van der Waals surface area (Å²) < 4.78 is 0. The number of amides is 1. The second kappa shape index (κ2) is 8.08. The van der Waals surface area contributed by atoms with Gasteiger partial charge in [0.15, 0.2) is 5.13 Å². The third-order valence-electron chi connectivity index (χ3n) is 4.11. The Kier molecular flexibility index (Phi) is 5.61.